The van der Waals surface area contributed by atoms with Crippen LogP contribution in [0.1, 0.15) is 18.9 Å². The zero-order valence-electron chi connectivity index (χ0n) is 13.3. The minimum Gasteiger partial charge on any atom is -0.351 e. The number of rotatable bonds is 7. The topological polar surface area (TPSA) is 81.1 Å². The molecule has 0 spiro atoms. The van der Waals surface area contributed by atoms with Crippen LogP contribution >= 0.6 is 0 Å². The van der Waals surface area contributed by atoms with E-state index in [0.29, 0.717) is 6.54 Å². The van der Waals surface area contributed by atoms with Crippen molar-refractivity contribution in [2.45, 2.75) is 37.2 Å². The average molecular weight is 335 g/mol. The first-order valence-corrected chi connectivity index (χ1v) is 9.31. The number of benzene rings is 1. The lowest BCUT2D eigenvalue weighted by Crippen LogP contribution is -2.38. The Balaban J connectivity index is 1.93. The molecule has 0 aliphatic heterocycles. The number of hydrogen-bond donors (Lipinski definition) is 1. The molecule has 1 unspecified atom stereocenters. The van der Waals surface area contributed by atoms with Gasteiger partial charge in [-0.15, -0.1) is 0 Å². The molecule has 0 fully saturated rings. The molecule has 1 amide bonds. The van der Waals surface area contributed by atoms with Gasteiger partial charge in [0.05, 0.1) is 17.6 Å². The minimum absolute atomic E-state index is 0.0343. The van der Waals surface area contributed by atoms with E-state index in [1.165, 1.54) is 12.1 Å². The second-order valence-electron chi connectivity index (χ2n) is 5.53. The summed E-state index contributed by atoms with van der Waals surface area (Å²) in [5.74, 6) is -0.0796. The van der Waals surface area contributed by atoms with Crippen molar-refractivity contribution in [1.29, 1.82) is 0 Å². The second-order valence-corrected chi connectivity index (χ2v) is 7.54. The summed E-state index contributed by atoms with van der Waals surface area (Å²) in [7, 11) is -3.21. The Morgan fingerprint density at radius 2 is 2.00 bits per heavy atom. The van der Waals surface area contributed by atoms with Gasteiger partial charge in [0.15, 0.2) is 9.84 Å². The fraction of sp³-hybridized carbons (Fsp3) is 0.375. The van der Waals surface area contributed by atoms with E-state index >= 15 is 0 Å². The van der Waals surface area contributed by atoms with E-state index in [9.17, 15) is 13.2 Å². The first-order valence-electron chi connectivity index (χ1n) is 7.42. The second kappa shape index (κ2) is 7.41. The molecule has 124 valence electrons. The van der Waals surface area contributed by atoms with E-state index in [1.54, 1.807) is 24.7 Å². The van der Waals surface area contributed by atoms with E-state index < -0.39 is 9.84 Å². The summed E-state index contributed by atoms with van der Waals surface area (Å²) in [5.41, 5.74) is 0.785. The highest BCUT2D eigenvalue weighted by atomic mass is 32.2. The molecular weight excluding hydrogens is 314 g/mol. The van der Waals surface area contributed by atoms with Gasteiger partial charge in [0.25, 0.3) is 0 Å². The fourth-order valence-corrected chi connectivity index (χ4v) is 2.88. The van der Waals surface area contributed by atoms with E-state index in [2.05, 4.69) is 10.3 Å². The molecule has 0 aliphatic carbocycles. The maximum absolute atomic E-state index is 12.1. The van der Waals surface area contributed by atoms with Gasteiger partial charge >= 0.3 is 0 Å². The van der Waals surface area contributed by atoms with Crippen LogP contribution in [0, 0.1) is 0 Å². The summed E-state index contributed by atoms with van der Waals surface area (Å²) >= 11 is 0. The molecule has 0 aliphatic rings. The van der Waals surface area contributed by atoms with Crippen molar-refractivity contribution < 1.29 is 13.2 Å². The van der Waals surface area contributed by atoms with Crippen LogP contribution < -0.4 is 5.32 Å². The molecule has 0 bridgehead atoms. The Labute approximate surface area is 136 Å². The molecule has 0 radical (unpaired) electrons. The van der Waals surface area contributed by atoms with E-state index in [4.69, 9.17) is 0 Å². The van der Waals surface area contributed by atoms with Crippen molar-refractivity contribution in [1.82, 2.24) is 14.9 Å². The highest BCUT2D eigenvalue weighted by Crippen LogP contribution is 2.11. The van der Waals surface area contributed by atoms with Crippen LogP contribution in [0.4, 0.5) is 0 Å². The predicted octanol–water partition coefficient (Wildman–Crippen LogP) is 1.42. The number of nitrogens with zero attached hydrogens (tertiary/aromatic N) is 2. The van der Waals surface area contributed by atoms with Crippen molar-refractivity contribution in [2.24, 2.45) is 0 Å². The molecule has 1 N–H and O–H groups in total. The normalized spacial score (nSPS) is 12.8. The molecule has 7 heteroatoms. The zero-order valence-corrected chi connectivity index (χ0v) is 14.1. The zero-order chi connectivity index (χ0) is 16.9. The smallest absolute Gasteiger partial charge is 0.224 e. The van der Waals surface area contributed by atoms with Gasteiger partial charge in [-0.25, -0.2) is 13.4 Å². The van der Waals surface area contributed by atoms with E-state index in [-0.39, 0.29) is 23.3 Å². The number of nitrogens with one attached hydrogen (secondary N) is 1. The Hall–Kier alpha value is -2.15. The van der Waals surface area contributed by atoms with Crippen molar-refractivity contribution in [3.05, 3.63) is 48.5 Å². The number of amides is 1. The highest BCUT2D eigenvalue weighted by Gasteiger charge is 2.12. The lowest BCUT2D eigenvalue weighted by Gasteiger charge is -2.17. The summed E-state index contributed by atoms with van der Waals surface area (Å²) in [5, 5.41) is 2.99. The maximum Gasteiger partial charge on any atom is 0.224 e. The van der Waals surface area contributed by atoms with Gasteiger partial charge < -0.3 is 9.88 Å². The Morgan fingerprint density at radius 3 is 2.52 bits per heavy atom. The molecule has 1 aromatic heterocycles. The van der Waals surface area contributed by atoms with Gasteiger partial charge in [0.2, 0.25) is 5.91 Å². The first-order chi connectivity index (χ1) is 10.9. The number of sulfone groups is 1. The molecule has 0 saturated carbocycles. The number of carbonyl (C=O) groups excluding carboxylic acids is 1. The Kier molecular flexibility index (Phi) is 5.54. The summed E-state index contributed by atoms with van der Waals surface area (Å²) in [6.07, 6.45) is 7.49. The Morgan fingerprint density at radius 1 is 1.30 bits per heavy atom. The monoisotopic (exact) mass is 335 g/mol. The van der Waals surface area contributed by atoms with Crippen LogP contribution in [0.2, 0.25) is 0 Å². The molecule has 1 aromatic carbocycles. The quantitative estimate of drug-likeness (QED) is 0.830. The largest absolute Gasteiger partial charge is 0.351 e. The molecule has 1 heterocycles. The molecule has 2 aromatic rings. The van der Waals surface area contributed by atoms with Gasteiger partial charge in [0, 0.05) is 31.2 Å². The van der Waals surface area contributed by atoms with E-state index in [1.807, 2.05) is 17.7 Å². The predicted molar refractivity (Wildman–Crippen MR) is 87.7 cm³/mol. The molecule has 2 rings (SSSR count). The fourth-order valence-electron chi connectivity index (χ4n) is 2.24. The number of imidazole rings is 1. The third-order valence-electron chi connectivity index (χ3n) is 3.56. The van der Waals surface area contributed by atoms with Crippen molar-refractivity contribution in [2.75, 3.05) is 6.26 Å². The maximum atomic E-state index is 12.1. The molecular formula is C16H21N3O3S. The summed E-state index contributed by atoms with van der Waals surface area (Å²) in [4.78, 5) is 16.4. The van der Waals surface area contributed by atoms with E-state index in [0.717, 1.165) is 18.2 Å². The number of aromatic nitrogens is 2. The summed E-state index contributed by atoms with van der Waals surface area (Å²) in [6.45, 7) is 2.69. The molecule has 23 heavy (non-hydrogen) atoms. The van der Waals surface area contributed by atoms with Crippen LogP contribution in [0.5, 0.6) is 0 Å². The van der Waals surface area contributed by atoms with Gasteiger partial charge in [-0.3, -0.25) is 4.79 Å². The average Bonchev–Trinajstić information content (AvgIpc) is 2.99. The summed E-state index contributed by atoms with van der Waals surface area (Å²) in [6, 6.07) is 6.44. The first kappa shape index (κ1) is 17.2. The third kappa shape index (κ3) is 5.21. The van der Waals surface area contributed by atoms with Crippen molar-refractivity contribution in [3.63, 3.8) is 0 Å². The summed E-state index contributed by atoms with van der Waals surface area (Å²) < 4.78 is 24.8. The van der Waals surface area contributed by atoms with Gasteiger partial charge in [-0.2, -0.15) is 0 Å². The SMILES string of the molecule is CCC(Cn1ccnc1)NC(=O)Cc1ccc(S(C)(=O)=O)cc1. The van der Waals surface area contributed by atoms with Crippen LogP contribution in [-0.4, -0.2) is 36.2 Å². The van der Waals surface area contributed by atoms with Crippen molar-refractivity contribution >= 4 is 15.7 Å². The lowest BCUT2D eigenvalue weighted by atomic mass is 10.1. The Bertz CT molecular complexity index is 737. The molecule has 6 nitrogen and oxygen atoms in total. The number of carbonyl (C=O) groups is 1. The lowest BCUT2D eigenvalue weighted by molar-refractivity contribution is -0.121. The standard InChI is InChI=1S/C16H21N3O3S/c1-3-14(11-19-9-8-17-12-19)18-16(20)10-13-4-6-15(7-5-13)23(2,21)22/h4-9,12,14H,3,10-11H2,1-2H3,(H,18,20). The van der Waals surface area contributed by atoms with Gasteiger partial charge in [0.1, 0.15) is 0 Å². The van der Waals surface area contributed by atoms with Crippen LogP contribution in [0.15, 0.2) is 47.9 Å². The highest BCUT2D eigenvalue weighted by molar-refractivity contribution is 7.90. The van der Waals surface area contributed by atoms with Crippen LogP contribution in [-0.2, 0) is 27.6 Å². The minimum atomic E-state index is -3.21. The third-order valence-corrected chi connectivity index (χ3v) is 4.69. The van der Waals surface area contributed by atoms with Gasteiger partial charge in [-0.1, -0.05) is 19.1 Å². The van der Waals surface area contributed by atoms with Crippen molar-refractivity contribution in [3.8, 4) is 0 Å². The molecule has 1 atom stereocenters. The van der Waals surface area contributed by atoms with Gasteiger partial charge in [-0.05, 0) is 24.1 Å². The van der Waals surface area contributed by atoms with Crippen LogP contribution in [0.3, 0.4) is 0 Å². The number of hydrogen-bond acceptors (Lipinski definition) is 4. The molecule has 0 saturated heterocycles. The van der Waals surface area contributed by atoms with Crippen LogP contribution in [0.25, 0.3) is 0 Å².